The van der Waals surface area contributed by atoms with Crippen molar-refractivity contribution in [3.8, 4) is 5.75 Å². The van der Waals surface area contributed by atoms with E-state index in [9.17, 15) is 4.79 Å². The molecule has 0 bridgehead atoms. The third-order valence-electron chi connectivity index (χ3n) is 4.07. The zero-order valence-electron chi connectivity index (χ0n) is 14.2. The van der Waals surface area contributed by atoms with Crippen LogP contribution in [0, 0.1) is 3.95 Å². The van der Waals surface area contributed by atoms with Crippen LogP contribution < -0.4 is 10.1 Å². The largest absolute Gasteiger partial charge is 0.460 e. The molecule has 2 heterocycles. The Hall–Kier alpha value is -2.19. The van der Waals surface area contributed by atoms with Crippen LogP contribution in [0.3, 0.4) is 0 Å². The van der Waals surface area contributed by atoms with Gasteiger partial charge in [0.1, 0.15) is 5.75 Å². The van der Waals surface area contributed by atoms with E-state index in [0.717, 1.165) is 19.9 Å². The summed E-state index contributed by atoms with van der Waals surface area (Å²) < 4.78 is 13.2. The van der Waals surface area contributed by atoms with Crippen LogP contribution in [0.15, 0.2) is 48.2 Å². The predicted octanol–water partition coefficient (Wildman–Crippen LogP) is 5.55. The third-order valence-corrected chi connectivity index (χ3v) is 5.50. The minimum absolute atomic E-state index is 0.178. The average molecular weight is 419 g/mol. The van der Waals surface area contributed by atoms with E-state index in [0.29, 0.717) is 28.5 Å². The number of hydrogen-bond donors (Lipinski definition) is 2. The minimum atomic E-state index is -0.776. The Balaban J connectivity index is 1.67. The van der Waals surface area contributed by atoms with E-state index in [2.05, 4.69) is 10.3 Å². The van der Waals surface area contributed by atoms with Gasteiger partial charge in [0.25, 0.3) is 0 Å². The summed E-state index contributed by atoms with van der Waals surface area (Å²) in [6.45, 7) is 2.26. The number of anilines is 1. The molecule has 8 heteroatoms. The van der Waals surface area contributed by atoms with Crippen molar-refractivity contribution < 1.29 is 14.3 Å². The van der Waals surface area contributed by atoms with Crippen LogP contribution in [-0.2, 0) is 4.74 Å². The summed E-state index contributed by atoms with van der Waals surface area (Å²) in [6, 6.07) is 10.8. The van der Waals surface area contributed by atoms with Crippen molar-refractivity contribution in [2.45, 2.75) is 13.2 Å². The number of H-pyrrole nitrogens is 1. The summed E-state index contributed by atoms with van der Waals surface area (Å²) in [5, 5.41) is 3.64. The Bertz CT molecular complexity index is 1120. The van der Waals surface area contributed by atoms with Crippen LogP contribution in [0.2, 0.25) is 5.02 Å². The Morgan fingerprint density at radius 2 is 2.22 bits per heavy atom. The van der Waals surface area contributed by atoms with Gasteiger partial charge in [-0.2, -0.15) is 0 Å². The SMILES string of the molecule is CCOC1Oc2ccc(Cl)cc2C(=O)C1=CNc1ccc2[nH]c(=S)sc2c1. The number of rotatable bonds is 4. The van der Waals surface area contributed by atoms with Crippen molar-refractivity contribution in [1.29, 1.82) is 0 Å². The van der Waals surface area contributed by atoms with Gasteiger partial charge in [-0.1, -0.05) is 11.6 Å². The number of carbonyl (C=O) groups is 1. The number of aromatic nitrogens is 1. The first kappa shape index (κ1) is 18.2. The van der Waals surface area contributed by atoms with Crippen LogP contribution in [-0.4, -0.2) is 23.7 Å². The number of halogens is 1. The minimum Gasteiger partial charge on any atom is -0.460 e. The van der Waals surface area contributed by atoms with Crippen LogP contribution in [0.1, 0.15) is 17.3 Å². The fraction of sp³-hybridized carbons (Fsp3) is 0.158. The molecule has 0 fully saturated rings. The second kappa shape index (κ2) is 7.44. The van der Waals surface area contributed by atoms with E-state index in [1.54, 1.807) is 24.4 Å². The van der Waals surface area contributed by atoms with Gasteiger partial charge in [-0.3, -0.25) is 4.79 Å². The fourth-order valence-corrected chi connectivity index (χ4v) is 4.16. The summed E-state index contributed by atoms with van der Waals surface area (Å²) in [4.78, 5) is 16.1. The van der Waals surface area contributed by atoms with Gasteiger partial charge in [0.05, 0.1) is 21.4 Å². The molecule has 0 saturated carbocycles. The Labute approximate surface area is 169 Å². The van der Waals surface area contributed by atoms with Crippen molar-refractivity contribution in [3.63, 3.8) is 0 Å². The second-order valence-electron chi connectivity index (χ2n) is 5.84. The number of hydrogen-bond acceptors (Lipinski definition) is 6. The lowest BCUT2D eigenvalue weighted by molar-refractivity contribution is -0.0509. The van der Waals surface area contributed by atoms with Gasteiger partial charge in [-0.05, 0) is 55.5 Å². The van der Waals surface area contributed by atoms with Gasteiger partial charge in [-0.25, -0.2) is 0 Å². The van der Waals surface area contributed by atoms with Crippen molar-refractivity contribution in [3.05, 3.63) is 62.7 Å². The monoisotopic (exact) mass is 418 g/mol. The van der Waals surface area contributed by atoms with Crippen LogP contribution in [0.5, 0.6) is 5.75 Å². The Kier molecular flexibility index (Phi) is 5.01. The molecule has 2 aromatic carbocycles. The van der Waals surface area contributed by atoms with E-state index in [1.165, 1.54) is 11.3 Å². The highest BCUT2D eigenvalue weighted by Crippen LogP contribution is 2.33. The molecule has 1 atom stereocenters. The molecule has 138 valence electrons. The lowest BCUT2D eigenvalue weighted by Crippen LogP contribution is -2.33. The number of Topliss-reactive ketones (excluding diaryl/α,β-unsaturated/α-hetero) is 1. The molecule has 0 radical (unpaired) electrons. The van der Waals surface area contributed by atoms with Gasteiger partial charge in [0.15, 0.2) is 3.95 Å². The molecular weight excluding hydrogens is 404 g/mol. The maximum Gasteiger partial charge on any atom is 0.232 e. The van der Waals surface area contributed by atoms with Gasteiger partial charge in [0.2, 0.25) is 12.1 Å². The Morgan fingerprint density at radius 1 is 1.37 bits per heavy atom. The van der Waals surface area contributed by atoms with E-state index in [1.807, 2.05) is 25.1 Å². The average Bonchev–Trinajstić information content (AvgIpc) is 3.01. The second-order valence-corrected chi connectivity index (χ2v) is 8.00. The molecule has 1 aliphatic heterocycles. The summed E-state index contributed by atoms with van der Waals surface area (Å²) in [7, 11) is 0. The molecule has 1 unspecified atom stereocenters. The molecule has 27 heavy (non-hydrogen) atoms. The van der Waals surface area contributed by atoms with Crippen molar-refractivity contribution in [2.24, 2.45) is 0 Å². The quantitative estimate of drug-likeness (QED) is 0.430. The van der Waals surface area contributed by atoms with Crippen LogP contribution in [0.25, 0.3) is 10.2 Å². The van der Waals surface area contributed by atoms with Crippen molar-refractivity contribution in [2.75, 3.05) is 11.9 Å². The fourth-order valence-electron chi connectivity index (χ4n) is 2.83. The topological polar surface area (TPSA) is 63.4 Å². The van der Waals surface area contributed by atoms with Crippen LogP contribution >= 0.6 is 35.2 Å². The summed E-state index contributed by atoms with van der Waals surface area (Å²) >= 11 is 12.7. The highest BCUT2D eigenvalue weighted by molar-refractivity contribution is 7.73. The maximum atomic E-state index is 12.9. The normalized spacial score (nSPS) is 17.8. The molecule has 0 spiro atoms. The third kappa shape index (κ3) is 3.64. The highest BCUT2D eigenvalue weighted by atomic mass is 35.5. The summed E-state index contributed by atoms with van der Waals surface area (Å²) in [6.07, 6.45) is 0.848. The molecule has 1 aromatic heterocycles. The van der Waals surface area contributed by atoms with Crippen molar-refractivity contribution in [1.82, 2.24) is 4.98 Å². The summed E-state index contributed by atoms with van der Waals surface area (Å²) in [5.41, 5.74) is 2.62. The van der Waals surface area contributed by atoms with Gasteiger partial charge < -0.3 is 19.8 Å². The molecule has 0 aliphatic carbocycles. The lowest BCUT2D eigenvalue weighted by Gasteiger charge is -2.27. The predicted molar refractivity (Wildman–Crippen MR) is 111 cm³/mol. The van der Waals surface area contributed by atoms with E-state index in [-0.39, 0.29) is 5.78 Å². The molecule has 4 rings (SSSR count). The molecule has 5 nitrogen and oxygen atoms in total. The number of aromatic amines is 1. The molecule has 0 amide bonds. The van der Waals surface area contributed by atoms with Gasteiger partial charge >= 0.3 is 0 Å². The van der Waals surface area contributed by atoms with Crippen molar-refractivity contribution >= 4 is 56.8 Å². The maximum absolute atomic E-state index is 12.9. The number of ketones is 1. The number of nitrogens with one attached hydrogen (secondary N) is 2. The first-order valence-corrected chi connectivity index (χ1v) is 9.87. The van der Waals surface area contributed by atoms with E-state index < -0.39 is 6.29 Å². The molecule has 3 aromatic rings. The van der Waals surface area contributed by atoms with Gasteiger partial charge in [0, 0.05) is 23.5 Å². The first-order chi connectivity index (χ1) is 13.0. The number of ether oxygens (including phenoxy) is 2. The van der Waals surface area contributed by atoms with E-state index >= 15 is 0 Å². The number of fused-ring (bicyclic) bond motifs is 2. The molecule has 1 aliphatic rings. The number of thiazole rings is 1. The molecule has 2 N–H and O–H groups in total. The van der Waals surface area contributed by atoms with E-state index in [4.69, 9.17) is 33.3 Å². The summed E-state index contributed by atoms with van der Waals surface area (Å²) in [5.74, 6) is 0.289. The van der Waals surface area contributed by atoms with Gasteiger partial charge in [-0.15, -0.1) is 11.3 Å². The number of benzene rings is 2. The first-order valence-electron chi connectivity index (χ1n) is 8.27. The highest BCUT2D eigenvalue weighted by Gasteiger charge is 2.32. The zero-order chi connectivity index (χ0) is 19.0. The Morgan fingerprint density at radius 3 is 3.04 bits per heavy atom. The molecular formula is C19H15ClN2O3S2. The molecule has 0 saturated heterocycles. The number of carbonyl (C=O) groups excluding carboxylic acids is 1. The zero-order valence-corrected chi connectivity index (χ0v) is 16.6. The lowest BCUT2D eigenvalue weighted by atomic mass is 10.00. The smallest absolute Gasteiger partial charge is 0.232 e. The van der Waals surface area contributed by atoms with Crippen LogP contribution in [0.4, 0.5) is 5.69 Å². The standard InChI is InChI=1S/C19H15ClN2O3S2/c1-2-24-18-13(17(23)12-7-10(20)3-6-15(12)25-18)9-21-11-4-5-14-16(8-11)27-19(26)22-14/h3-9,18,21H,2H2,1H3,(H,22,26).